The summed E-state index contributed by atoms with van der Waals surface area (Å²) >= 11 is 1.48. The zero-order valence-corrected chi connectivity index (χ0v) is 15.3. The van der Waals surface area contributed by atoms with E-state index in [2.05, 4.69) is 20.5 Å². The molecular weight excluding hydrogens is 352 g/mol. The number of nitrogens with zero attached hydrogens (tertiary/aromatic N) is 2. The Bertz CT molecular complexity index is 780. The van der Waals surface area contributed by atoms with Gasteiger partial charge in [-0.1, -0.05) is 12.8 Å². The Morgan fingerprint density at radius 3 is 2.96 bits per heavy atom. The van der Waals surface area contributed by atoms with Crippen LogP contribution in [0.25, 0.3) is 0 Å². The summed E-state index contributed by atoms with van der Waals surface area (Å²) in [6, 6.07) is 1.98. The average Bonchev–Trinajstić information content (AvgIpc) is 3.35. The van der Waals surface area contributed by atoms with E-state index in [1.54, 1.807) is 6.07 Å². The van der Waals surface area contributed by atoms with E-state index in [1.165, 1.54) is 36.7 Å². The van der Waals surface area contributed by atoms with Gasteiger partial charge in [-0.25, -0.2) is 4.98 Å². The molecule has 0 saturated heterocycles. The maximum absolute atomic E-state index is 12.2. The monoisotopic (exact) mass is 374 g/mol. The zero-order chi connectivity index (χ0) is 17.9. The third-order valence-corrected chi connectivity index (χ3v) is 5.90. The summed E-state index contributed by atoms with van der Waals surface area (Å²) in [4.78, 5) is 32.1. The highest BCUT2D eigenvalue weighted by Crippen LogP contribution is 2.28. The van der Waals surface area contributed by atoms with E-state index in [-0.39, 0.29) is 11.8 Å². The molecule has 0 unspecified atom stereocenters. The van der Waals surface area contributed by atoms with E-state index < -0.39 is 0 Å². The third-order valence-electron chi connectivity index (χ3n) is 4.90. The number of carbonyl (C=O) groups is 2. The normalized spacial score (nSPS) is 17.8. The first-order valence-corrected chi connectivity index (χ1v) is 9.83. The Labute approximate surface area is 155 Å². The Morgan fingerprint density at radius 2 is 2.19 bits per heavy atom. The number of nitrogens with one attached hydrogen (secondary N) is 2. The number of anilines is 1. The summed E-state index contributed by atoms with van der Waals surface area (Å²) in [6.45, 7) is 1.93. The van der Waals surface area contributed by atoms with Crippen LogP contribution < -0.4 is 10.6 Å². The SMILES string of the molecule is O=C(CN1CCc2nc(NC(=O)c3ccoc3)sc2C1)NC1CCCC1. The molecular formula is C18H22N4O3S. The largest absolute Gasteiger partial charge is 0.472 e. The molecule has 2 aromatic rings. The molecule has 4 rings (SSSR count). The topological polar surface area (TPSA) is 87.5 Å². The Morgan fingerprint density at radius 1 is 1.35 bits per heavy atom. The fourth-order valence-corrected chi connectivity index (χ4v) is 4.59. The smallest absolute Gasteiger partial charge is 0.260 e. The van der Waals surface area contributed by atoms with E-state index in [0.29, 0.717) is 29.8 Å². The van der Waals surface area contributed by atoms with E-state index >= 15 is 0 Å². The van der Waals surface area contributed by atoms with Crippen LogP contribution in [0.5, 0.6) is 0 Å². The second kappa shape index (κ2) is 7.59. The average molecular weight is 374 g/mol. The van der Waals surface area contributed by atoms with Gasteiger partial charge in [0.1, 0.15) is 6.26 Å². The maximum atomic E-state index is 12.2. The van der Waals surface area contributed by atoms with E-state index in [4.69, 9.17) is 4.42 Å². The van der Waals surface area contributed by atoms with Gasteiger partial charge < -0.3 is 9.73 Å². The number of hydrogen-bond acceptors (Lipinski definition) is 6. The predicted molar refractivity (Wildman–Crippen MR) is 98.2 cm³/mol. The number of carbonyl (C=O) groups excluding carboxylic acids is 2. The molecule has 8 heteroatoms. The molecule has 7 nitrogen and oxygen atoms in total. The second-order valence-electron chi connectivity index (χ2n) is 6.86. The van der Waals surface area contributed by atoms with Crippen LogP contribution >= 0.6 is 11.3 Å². The molecule has 0 radical (unpaired) electrons. The van der Waals surface area contributed by atoms with Crippen molar-refractivity contribution in [2.75, 3.05) is 18.4 Å². The molecule has 2 amide bonds. The standard InChI is InChI=1S/C18H22N4O3S/c23-16(19-13-3-1-2-4-13)10-22-7-5-14-15(9-22)26-18(20-14)21-17(24)12-6-8-25-11-12/h6,8,11,13H,1-5,7,9-10H2,(H,19,23)(H,20,21,24). The highest BCUT2D eigenvalue weighted by Gasteiger charge is 2.24. The van der Waals surface area contributed by atoms with Crippen molar-refractivity contribution in [2.45, 2.75) is 44.7 Å². The van der Waals surface area contributed by atoms with Crippen molar-refractivity contribution in [1.82, 2.24) is 15.2 Å². The Balaban J connectivity index is 1.32. The summed E-state index contributed by atoms with van der Waals surface area (Å²) in [7, 11) is 0. The van der Waals surface area contributed by atoms with Crippen molar-refractivity contribution in [3.63, 3.8) is 0 Å². The number of furan rings is 1. The lowest BCUT2D eigenvalue weighted by atomic mass is 10.2. The first-order chi connectivity index (χ1) is 12.7. The van der Waals surface area contributed by atoms with Gasteiger partial charge in [-0.05, 0) is 18.9 Å². The van der Waals surface area contributed by atoms with Gasteiger partial charge in [-0.15, -0.1) is 11.3 Å². The van der Waals surface area contributed by atoms with Gasteiger partial charge >= 0.3 is 0 Å². The number of aromatic nitrogens is 1. The molecule has 3 heterocycles. The Kier molecular flexibility index (Phi) is 5.03. The second-order valence-corrected chi connectivity index (χ2v) is 7.95. The Hall–Kier alpha value is -2.19. The molecule has 2 aliphatic rings. The number of thiazole rings is 1. The van der Waals surface area contributed by atoms with Crippen LogP contribution in [0.4, 0.5) is 5.13 Å². The van der Waals surface area contributed by atoms with Gasteiger partial charge in [0.25, 0.3) is 5.91 Å². The number of rotatable bonds is 5. The molecule has 138 valence electrons. The van der Waals surface area contributed by atoms with Crippen molar-refractivity contribution in [2.24, 2.45) is 0 Å². The lowest BCUT2D eigenvalue weighted by Gasteiger charge is -2.25. The third kappa shape index (κ3) is 3.96. The zero-order valence-electron chi connectivity index (χ0n) is 14.5. The molecule has 1 fully saturated rings. The molecule has 2 aromatic heterocycles. The highest BCUT2D eigenvalue weighted by molar-refractivity contribution is 7.15. The molecule has 1 saturated carbocycles. The maximum Gasteiger partial charge on any atom is 0.260 e. The molecule has 0 spiro atoms. The summed E-state index contributed by atoms with van der Waals surface area (Å²) < 4.78 is 4.93. The van der Waals surface area contributed by atoms with Crippen LogP contribution in [-0.4, -0.2) is 40.8 Å². The molecule has 26 heavy (non-hydrogen) atoms. The minimum absolute atomic E-state index is 0.110. The molecule has 2 N–H and O–H groups in total. The number of hydrogen-bond donors (Lipinski definition) is 2. The first-order valence-electron chi connectivity index (χ1n) is 9.01. The highest BCUT2D eigenvalue weighted by atomic mass is 32.1. The van der Waals surface area contributed by atoms with Crippen LogP contribution in [0, 0.1) is 0 Å². The molecule has 0 bridgehead atoms. The first kappa shape index (κ1) is 17.2. The van der Waals surface area contributed by atoms with Crippen molar-refractivity contribution in [3.05, 3.63) is 34.7 Å². The molecule has 0 atom stereocenters. The van der Waals surface area contributed by atoms with Crippen molar-refractivity contribution in [1.29, 1.82) is 0 Å². The molecule has 1 aliphatic carbocycles. The summed E-state index contributed by atoms with van der Waals surface area (Å²) in [5.74, 6) is -0.115. The van der Waals surface area contributed by atoms with Crippen LogP contribution in [0.2, 0.25) is 0 Å². The predicted octanol–water partition coefficient (Wildman–Crippen LogP) is 2.41. The van der Waals surface area contributed by atoms with E-state index in [1.807, 2.05) is 0 Å². The fourth-order valence-electron chi connectivity index (χ4n) is 3.55. The van der Waals surface area contributed by atoms with Crippen LogP contribution in [0.1, 0.15) is 46.6 Å². The van der Waals surface area contributed by atoms with E-state index in [9.17, 15) is 9.59 Å². The minimum Gasteiger partial charge on any atom is -0.472 e. The fraction of sp³-hybridized carbons (Fsp3) is 0.500. The summed E-state index contributed by atoms with van der Waals surface area (Å²) in [6.07, 6.45) is 8.31. The van der Waals surface area contributed by atoms with Crippen LogP contribution in [0.3, 0.4) is 0 Å². The number of amides is 2. The quantitative estimate of drug-likeness (QED) is 0.839. The lowest BCUT2D eigenvalue weighted by molar-refractivity contribution is -0.123. The van der Waals surface area contributed by atoms with Crippen molar-refractivity contribution < 1.29 is 14.0 Å². The van der Waals surface area contributed by atoms with Crippen LogP contribution in [-0.2, 0) is 17.8 Å². The van der Waals surface area contributed by atoms with Gasteiger partial charge in [-0.2, -0.15) is 0 Å². The van der Waals surface area contributed by atoms with Crippen molar-refractivity contribution in [3.8, 4) is 0 Å². The van der Waals surface area contributed by atoms with Gasteiger partial charge in [0.2, 0.25) is 5.91 Å². The van der Waals surface area contributed by atoms with E-state index in [0.717, 1.165) is 36.4 Å². The minimum atomic E-state index is -0.224. The summed E-state index contributed by atoms with van der Waals surface area (Å²) in [5.41, 5.74) is 1.49. The van der Waals surface area contributed by atoms with Gasteiger partial charge in [0, 0.05) is 30.4 Å². The number of fused-ring (bicyclic) bond motifs is 1. The van der Waals surface area contributed by atoms with Crippen LogP contribution in [0.15, 0.2) is 23.0 Å². The summed E-state index contributed by atoms with van der Waals surface area (Å²) in [5, 5.41) is 6.55. The molecule has 1 aliphatic heterocycles. The van der Waals surface area contributed by atoms with Gasteiger partial charge in [0.15, 0.2) is 5.13 Å². The van der Waals surface area contributed by atoms with Gasteiger partial charge in [0.05, 0.1) is 24.1 Å². The van der Waals surface area contributed by atoms with Crippen molar-refractivity contribution >= 4 is 28.3 Å². The van der Waals surface area contributed by atoms with Gasteiger partial charge in [-0.3, -0.25) is 19.8 Å². The lowest BCUT2D eigenvalue weighted by Crippen LogP contribution is -2.42. The molecule has 0 aromatic carbocycles.